The Kier molecular flexibility index (Phi) is 5.69. The highest BCUT2D eigenvalue weighted by Gasteiger charge is 2.70. The SMILES string of the molecule is Cc1ccc(C(=O)[C@@H]2[C@@H](C(=O)c3cccc([N+](=O)[O-])c3)[C@@]3(C(=O)Nc4ccccc43)[C@H]3c4ccccc4C=CN23)cc1. The van der Waals surface area contributed by atoms with E-state index in [0.717, 1.165) is 16.7 Å². The highest BCUT2D eigenvalue weighted by atomic mass is 16.6. The molecular weight excluding hydrogens is 530 g/mol. The number of non-ortho nitro benzene ring substituents is 1. The molecule has 4 atom stereocenters. The number of nitrogens with one attached hydrogen (secondary N) is 1. The van der Waals surface area contributed by atoms with E-state index in [2.05, 4.69) is 5.32 Å². The van der Waals surface area contributed by atoms with Gasteiger partial charge in [0.05, 0.1) is 16.9 Å². The molecule has 8 nitrogen and oxygen atoms in total. The molecule has 4 aromatic carbocycles. The van der Waals surface area contributed by atoms with Crippen molar-refractivity contribution in [3.8, 4) is 0 Å². The lowest BCUT2D eigenvalue weighted by atomic mass is 9.62. The van der Waals surface area contributed by atoms with Crippen LogP contribution in [0, 0.1) is 23.0 Å². The van der Waals surface area contributed by atoms with Crippen molar-refractivity contribution in [2.24, 2.45) is 5.92 Å². The maximum absolute atomic E-state index is 14.8. The molecule has 0 radical (unpaired) electrons. The van der Waals surface area contributed by atoms with Gasteiger partial charge in [0.15, 0.2) is 11.6 Å². The largest absolute Gasteiger partial charge is 0.358 e. The van der Waals surface area contributed by atoms with E-state index in [9.17, 15) is 24.5 Å². The molecule has 1 N–H and O–H groups in total. The number of nitro benzene ring substituents is 1. The van der Waals surface area contributed by atoms with Gasteiger partial charge < -0.3 is 10.2 Å². The molecule has 4 aromatic rings. The average molecular weight is 556 g/mol. The number of Topliss-reactive ketones (excluding diaryl/α,β-unsaturated/α-hetero) is 2. The van der Waals surface area contributed by atoms with Crippen molar-refractivity contribution >= 4 is 34.9 Å². The lowest BCUT2D eigenvalue weighted by Gasteiger charge is -2.38. The van der Waals surface area contributed by atoms with Crippen LogP contribution in [0.3, 0.4) is 0 Å². The van der Waals surface area contributed by atoms with E-state index in [1.807, 2.05) is 72.5 Å². The number of ketones is 2. The van der Waals surface area contributed by atoms with Crippen LogP contribution in [0.4, 0.5) is 11.4 Å². The third-order valence-corrected chi connectivity index (χ3v) is 8.80. The van der Waals surface area contributed by atoms with Gasteiger partial charge in [-0.15, -0.1) is 0 Å². The molecule has 1 saturated heterocycles. The van der Waals surface area contributed by atoms with Gasteiger partial charge in [-0.25, -0.2) is 0 Å². The lowest BCUT2D eigenvalue weighted by Crippen LogP contribution is -2.49. The zero-order valence-electron chi connectivity index (χ0n) is 22.6. The minimum Gasteiger partial charge on any atom is -0.358 e. The Balaban J connectivity index is 1.53. The fourth-order valence-corrected chi connectivity index (χ4v) is 7.01. The van der Waals surface area contributed by atoms with Crippen LogP contribution >= 0.6 is 0 Å². The molecule has 1 spiro atoms. The van der Waals surface area contributed by atoms with Crippen LogP contribution in [0.25, 0.3) is 6.08 Å². The molecule has 3 aliphatic heterocycles. The Morgan fingerprint density at radius 3 is 2.40 bits per heavy atom. The van der Waals surface area contributed by atoms with Crippen molar-refractivity contribution < 1.29 is 19.3 Å². The van der Waals surface area contributed by atoms with Crippen LogP contribution < -0.4 is 5.32 Å². The van der Waals surface area contributed by atoms with Crippen LogP contribution in [0.15, 0.2) is 103 Å². The standard InChI is InChI=1S/C34H25N3O5/c1-20-13-15-22(16-14-20)31(39)29-28(30(38)23-8-6-9-24(19-23)37(41)42)34(26-11-4-5-12-27(26)35-33(34)40)32-25-10-3-2-7-21(25)17-18-36(29)32/h2-19,28-29,32H,1H3,(H,35,40)/t28-,29-,32+,34+/m0/s1. The number of hydrogen-bond acceptors (Lipinski definition) is 6. The number of hydrogen-bond donors (Lipinski definition) is 1. The van der Waals surface area contributed by atoms with Gasteiger partial charge in [-0.05, 0) is 35.8 Å². The lowest BCUT2D eigenvalue weighted by molar-refractivity contribution is -0.384. The summed E-state index contributed by atoms with van der Waals surface area (Å²) in [6, 6.07) is 25.8. The molecule has 0 bridgehead atoms. The summed E-state index contributed by atoms with van der Waals surface area (Å²) in [6.07, 6.45) is 3.70. The van der Waals surface area contributed by atoms with Crippen LogP contribution in [0.1, 0.15) is 49.0 Å². The van der Waals surface area contributed by atoms with Crippen molar-refractivity contribution in [1.82, 2.24) is 4.90 Å². The molecule has 8 heteroatoms. The number of aryl methyl sites for hydroxylation is 1. The minimum absolute atomic E-state index is 0.0737. The van der Waals surface area contributed by atoms with Gasteiger partial charge in [0.2, 0.25) is 5.91 Å². The summed E-state index contributed by atoms with van der Waals surface area (Å²) in [7, 11) is 0. The number of anilines is 1. The van der Waals surface area contributed by atoms with Gasteiger partial charge in [-0.1, -0.05) is 84.4 Å². The second kappa shape index (κ2) is 9.34. The summed E-state index contributed by atoms with van der Waals surface area (Å²) in [4.78, 5) is 56.7. The maximum atomic E-state index is 14.8. The third-order valence-electron chi connectivity index (χ3n) is 8.80. The van der Waals surface area contributed by atoms with Gasteiger partial charge in [-0.2, -0.15) is 0 Å². The van der Waals surface area contributed by atoms with Crippen molar-refractivity contribution in [3.05, 3.63) is 147 Å². The van der Waals surface area contributed by atoms with Crippen molar-refractivity contribution in [3.63, 3.8) is 0 Å². The monoisotopic (exact) mass is 555 g/mol. The second-order valence-corrected chi connectivity index (χ2v) is 11.0. The second-order valence-electron chi connectivity index (χ2n) is 11.0. The first-order valence-electron chi connectivity index (χ1n) is 13.7. The topological polar surface area (TPSA) is 110 Å². The van der Waals surface area contributed by atoms with Crippen molar-refractivity contribution in [2.75, 3.05) is 5.32 Å². The fraction of sp³-hybridized carbons (Fsp3) is 0.147. The van der Waals surface area contributed by atoms with Crippen LogP contribution in [0.5, 0.6) is 0 Å². The highest BCUT2D eigenvalue weighted by molar-refractivity contribution is 6.16. The smallest absolute Gasteiger partial charge is 0.270 e. The molecule has 0 aliphatic carbocycles. The zero-order chi connectivity index (χ0) is 29.2. The van der Waals surface area contributed by atoms with E-state index >= 15 is 0 Å². The fourth-order valence-electron chi connectivity index (χ4n) is 7.01. The molecule has 7 rings (SSSR count). The quantitative estimate of drug-likeness (QED) is 0.187. The molecule has 3 aliphatic rings. The predicted octanol–water partition coefficient (Wildman–Crippen LogP) is 5.88. The molecule has 1 amide bonds. The van der Waals surface area contributed by atoms with E-state index in [1.165, 1.54) is 24.3 Å². The Hall–Kier alpha value is -5.37. The Labute approximate surface area is 241 Å². The molecule has 0 aromatic heterocycles. The summed E-state index contributed by atoms with van der Waals surface area (Å²) in [5.41, 5.74) is 2.64. The van der Waals surface area contributed by atoms with Gasteiger partial charge in [0.1, 0.15) is 11.5 Å². The van der Waals surface area contributed by atoms with E-state index < -0.39 is 34.1 Å². The number of nitro groups is 1. The number of carbonyl (C=O) groups is 3. The number of para-hydroxylation sites is 1. The number of nitrogens with zero attached hydrogens (tertiary/aromatic N) is 2. The van der Waals surface area contributed by atoms with E-state index in [-0.39, 0.29) is 22.9 Å². The normalized spacial score (nSPS) is 23.2. The molecular formula is C34H25N3O5. The first kappa shape index (κ1) is 25.6. The van der Waals surface area contributed by atoms with Gasteiger partial charge in [-0.3, -0.25) is 24.5 Å². The van der Waals surface area contributed by atoms with Gasteiger partial charge >= 0.3 is 0 Å². The van der Waals surface area contributed by atoms with Crippen molar-refractivity contribution in [2.45, 2.75) is 24.4 Å². The van der Waals surface area contributed by atoms with Gasteiger partial charge in [0, 0.05) is 35.1 Å². The van der Waals surface area contributed by atoms with Crippen LogP contribution in [0.2, 0.25) is 0 Å². The summed E-state index contributed by atoms with van der Waals surface area (Å²) in [5, 5.41) is 14.7. The number of benzene rings is 4. The number of amides is 1. The third kappa shape index (κ3) is 3.51. The zero-order valence-corrected chi connectivity index (χ0v) is 22.6. The predicted molar refractivity (Wildman–Crippen MR) is 157 cm³/mol. The Morgan fingerprint density at radius 2 is 1.62 bits per heavy atom. The average Bonchev–Trinajstić information content (AvgIpc) is 3.49. The maximum Gasteiger partial charge on any atom is 0.270 e. The highest BCUT2D eigenvalue weighted by Crippen LogP contribution is 2.62. The summed E-state index contributed by atoms with van der Waals surface area (Å²) in [6.45, 7) is 1.92. The first-order chi connectivity index (χ1) is 20.3. The minimum atomic E-state index is -1.50. The molecule has 42 heavy (non-hydrogen) atoms. The summed E-state index contributed by atoms with van der Waals surface area (Å²) < 4.78 is 0. The van der Waals surface area contributed by atoms with Gasteiger partial charge in [0.25, 0.3) is 5.69 Å². The number of fused-ring (bicyclic) bond motifs is 6. The first-order valence-corrected chi connectivity index (χ1v) is 13.7. The molecule has 0 unspecified atom stereocenters. The van der Waals surface area contributed by atoms with E-state index in [1.54, 1.807) is 24.4 Å². The van der Waals surface area contributed by atoms with Crippen LogP contribution in [-0.4, -0.2) is 33.3 Å². The van der Waals surface area contributed by atoms with E-state index in [4.69, 9.17) is 0 Å². The molecule has 206 valence electrons. The molecule has 3 heterocycles. The Bertz CT molecular complexity index is 1850. The molecule has 0 saturated carbocycles. The summed E-state index contributed by atoms with van der Waals surface area (Å²) >= 11 is 0. The van der Waals surface area contributed by atoms with Crippen molar-refractivity contribution in [1.29, 1.82) is 0 Å². The number of rotatable bonds is 5. The number of carbonyl (C=O) groups excluding carboxylic acids is 3. The molecule has 1 fully saturated rings. The van der Waals surface area contributed by atoms with Crippen LogP contribution in [-0.2, 0) is 10.2 Å². The van der Waals surface area contributed by atoms with E-state index in [0.29, 0.717) is 16.8 Å². The summed E-state index contributed by atoms with van der Waals surface area (Å²) in [5.74, 6) is -2.39. The Morgan fingerprint density at radius 1 is 0.881 bits per heavy atom.